The summed E-state index contributed by atoms with van der Waals surface area (Å²) in [6.45, 7) is 5.42. The Hall–Kier alpha value is -2.85. The van der Waals surface area contributed by atoms with Crippen LogP contribution in [0.3, 0.4) is 0 Å². The highest BCUT2D eigenvalue weighted by Gasteiger charge is 2.30. The molecule has 0 fully saturated rings. The molecular formula is C22H24F3N3O3S. The molecule has 0 amide bonds. The largest absolute Gasteiger partial charge is 0.416 e. The summed E-state index contributed by atoms with van der Waals surface area (Å²) in [5.74, 6) is 0.0367. The van der Waals surface area contributed by atoms with E-state index in [2.05, 4.69) is 4.72 Å². The average Bonchev–Trinajstić information content (AvgIpc) is 2.94. The molecule has 1 aromatic heterocycles. The zero-order valence-electron chi connectivity index (χ0n) is 18.1. The minimum absolute atomic E-state index is 0.0367. The van der Waals surface area contributed by atoms with Crippen molar-refractivity contribution in [2.24, 2.45) is 7.05 Å². The first kappa shape index (κ1) is 23.8. The van der Waals surface area contributed by atoms with Crippen molar-refractivity contribution in [1.82, 2.24) is 14.1 Å². The quantitative estimate of drug-likeness (QED) is 0.593. The Labute approximate surface area is 184 Å². The molecule has 3 aromatic rings. The van der Waals surface area contributed by atoms with Crippen LogP contribution in [0.25, 0.3) is 5.69 Å². The average molecular weight is 468 g/mol. The van der Waals surface area contributed by atoms with E-state index >= 15 is 0 Å². The molecular weight excluding hydrogens is 443 g/mol. The summed E-state index contributed by atoms with van der Waals surface area (Å²) >= 11 is 0. The maximum atomic E-state index is 12.8. The van der Waals surface area contributed by atoms with Crippen molar-refractivity contribution >= 4 is 10.0 Å². The van der Waals surface area contributed by atoms with Crippen molar-refractivity contribution in [3.8, 4) is 5.69 Å². The van der Waals surface area contributed by atoms with E-state index < -0.39 is 21.8 Å². The number of rotatable bonds is 6. The Morgan fingerprint density at radius 2 is 1.69 bits per heavy atom. The number of hydrogen-bond donors (Lipinski definition) is 1. The Kier molecular flexibility index (Phi) is 6.39. The lowest BCUT2D eigenvalue weighted by molar-refractivity contribution is -0.137. The number of nitrogens with one attached hydrogen (secondary N) is 1. The van der Waals surface area contributed by atoms with E-state index in [-0.39, 0.29) is 28.5 Å². The molecule has 0 atom stereocenters. The summed E-state index contributed by atoms with van der Waals surface area (Å²) < 4.78 is 69.3. The number of alkyl halides is 3. The Bertz CT molecular complexity index is 1290. The summed E-state index contributed by atoms with van der Waals surface area (Å²) in [5, 5.41) is 0. The molecule has 0 aliphatic heterocycles. The maximum Gasteiger partial charge on any atom is 0.416 e. The van der Waals surface area contributed by atoms with Crippen LogP contribution in [0.1, 0.15) is 42.1 Å². The van der Waals surface area contributed by atoms with Crippen LogP contribution in [0, 0.1) is 6.92 Å². The lowest BCUT2D eigenvalue weighted by Gasteiger charge is -2.11. The van der Waals surface area contributed by atoms with E-state index in [0.29, 0.717) is 11.3 Å². The van der Waals surface area contributed by atoms with Gasteiger partial charge in [0.25, 0.3) is 5.56 Å². The normalized spacial score (nSPS) is 12.5. The summed E-state index contributed by atoms with van der Waals surface area (Å²) in [5.41, 5.74) is 1.19. The van der Waals surface area contributed by atoms with Gasteiger partial charge in [-0.3, -0.25) is 9.48 Å². The Morgan fingerprint density at radius 3 is 2.22 bits per heavy atom. The van der Waals surface area contributed by atoms with Gasteiger partial charge < -0.3 is 0 Å². The van der Waals surface area contributed by atoms with Crippen molar-refractivity contribution < 1.29 is 21.6 Å². The van der Waals surface area contributed by atoms with E-state index in [4.69, 9.17) is 0 Å². The molecule has 172 valence electrons. The number of benzene rings is 2. The number of nitrogens with zero attached hydrogens (tertiary/aromatic N) is 2. The van der Waals surface area contributed by atoms with Gasteiger partial charge in [-0.05, 0) is 48.7 Å². The van der Waals surface area contributed by atoms with Crippen LogP contribution in [-0.4, -0.2) is 17.8 Å². The van der Waals surface area contributed by atoms with Crippen molar-refractivity contribution in [2.75, 3.05) is 0 Å². The molecule has 0 aliphatic rings. The van der Waals surface area contributed by atoms with Crippen LogP contribution < -0.4 is 10.3 Å². The van der Waals surface area contributed by atoms with Gasteiger partial charge in [-0.25, -0.2) is 17.8 Å². The molecule has 0 spiro atoms. The molecule has 1 N–H and O–H groups in total. The first-order valence-corrected chi connectivity index (χ1v) is 11.4. The second-order valence-electron chi connectivity index (χ2n) is 7.81. The fraction of sp³-hybridized carbons (Fsp3) is 0.318. The first-order valence-electron chi connectivity index (χ1n) is 9.87. The molecule has 3 rings (SSSR count). The van der Waals surface area contributed by atoms with E-state index in [9.17, 15) is 26.4 Å². The van der Waals surface area contributed by atoms with Crippen molar-refractivity contribution in [3.05, 3.63) is 81.3 Å². The van der Waals surface area contributed by atoms with Crippen LogP contribution >= 0.6 is 0 Å². The van der Waals surface area contributed by atoms with Gasteiger partial charge >= 0.3 is 6.18 Å². The van der Waals surface area contributed by atoms with Gasteiger partial charge in [0.1, 0.15) is 0 Å². The zero-order valence-corrected chi connectivity index (χ0v) is 18.9. The van der Waals surface area contributed by atoms with Crippen molar-refractivity contribution in [2.45, 2.75) is 44.3 Å². The molecule has 0 aliphatic carbocycles. The Balaban J connectivity index is 1.84. The third-order valence-corrected chi connectivity index (χ3v) is 6.70. The summed E-state index contributed by atoms with van der Waals surface area (Å²) in [7, 11) is -2.21. The highest BCUT2D eigenvalue weighted by molar-refractivity contribution is 7.89. The lowest BCUT2D eigenvalue weighted by atomic mass is 10.0. The van der Waals surface area contributed by atoms with Gasteiger partial charge in [0.2, 0.25) is 10.0 Å². The highest BCUT2D eigenvalue weighted by atomic mass is 32.2. The summed E-state index contributed by atoms with van der Waals surface area (Å²) in [4.78, 5) is 12.8. The molecule has 0 saturated heterocycles. The summed E-state index contributed by atoms with van der Waals surface area (Å²) in [6, 6.07) is 10.2. The monoisotopic (exact) mass is 467 g/mol. The molecule has 6 nitrogen and oxygen atoms in total. The molecule has 10 heteroatoms. The van der Waals surface area contributed by atoms with E-state index in [1.165, 1.54) is 41.1 Å². The van der Waals surface area contributed by atoms with Gasteiger partial charge in [0, 0.05) is 24.8 Å². The molecule has 0 saturated carbocycles. The molecule has 32 heavy (non-hydrogen) atoms. The number of aromatic nitrogens is 2. The highest BCUT2D eigenvalue weighted by Crippen LogP contribution is 2.29. The minimum atomic E-state index is -4.51. The van der Waals surface area contributed by atoms with Gasteiger partial charge in [-0.2, -0.15) is 13.2 Å². The van der Waals surface area contributed by atoms with Crippen LogP contribution in [-0.2, 0) is 29.8 Å². The van der Waals surface area contributed by atoms with Gasteiger partial charge in [-0.1, -0.05) is 32.0 Å². The van der Waals surface area contributed by atoms with E-state index in [0.717, 1.165) is 17.8 Å². The fourth-order valence-electron chi connectivity index (χ4n) is 3.57. The predicted molar refractivity (Wildman–Crippen MR) is 115 cm³/mol. The molecule has 1 heterocycles. The third-order valence-electron chi connectivity index (χ3n) is 5.29. The van der Waals surface area contributed by atoms with Gasteiger partial charge in [0.15, 0.2) is 0 Å². The lowest BCUT2D eigenvalue weighted by Crippen LogP contribution is -2.24. The molecule has 2 aromatic carbocycles. The van der Waals surface area contributed by atoms with E-state index in [1.807, 2.05) is 20.8 Å². The number of halogens is 3. The topological polar surface area (TPSA) is 73.1 Å². The Morgan fingerprint density at radius 1 is 1.06 bits per heavy atom. The standard InChI is InChI=1S/C22H24F3N3O3S/c1-14(2)20-15(3)27(4)28(21(20)29)18-8-10-19(11-9-18)32(30,31)26-13-16-6-5-7-17(12-16)22(23,24)25/h5-12,14,26H,13H2,1-4H3. The van der Waals surface area contributed by atoms with Crippen LogP contribution in [0.5, 0.6) is 0 Å². The SMILES string of the molecule is Cc1c(C(C)C)c(=O)n(-c2ccc(S(=O)(=O)NCc3cccc(C(F)(F)F)c3)cc2)n1C. The minimum Gasteiger partial charge on any atom is -0.285 e. The molecule has 0 bridgehead atoms. The first-order chi connectivity index (χ1) is 14.8. The second kappa shape index (κ2) is 8.59. The van der Waals surface area contributed by atoms with Crippen molar-refractivity contribution in [3.63, 3.8) is 0 Å². The molecule has 0 unspecified atom stereocenters. The number of sulfonamides is 1. The smallest absolute Gasteiger partial charge is 0.285 e. The third kappa shape index (κ3) is 4.66. The van der Waals surface area contributed by atoms with Crippen LogP contribution in [0.4, 0.5) is 13.2 Å². The van der Waals surface area contributed by atoms with Crippen LogP contribution in [0.15, 0.2) is 58.2 Å². The second-order valence-corrected chi connectivity index (χ2v) is 9.58. The molecule has 0 radical (unpaired) electrons. The summed E-state index contributed by atoms with van der Waals surface area (Å²) in [6.07, 6.45) is -4.51. The zero-order chi connectivity index (χ0) is 23.8. The van der Waals surface area contributed by atoms with Crippen LogP contribution in [0.2, 0.25) is 0 Å². The maximum absolute atomic E-state index is 12.8. The van der Waals surface area contributed by atoms with Crippen molar-refractivity contribution in [1.29, 1.82) is 0 Å². The van der Waals surface area contributed by atoms with E-state index in [1.54, 1.807) is 11.7 Å². The fourth-order valence-corrected chi connectivity index (χ4v) is 4.59. The predicted octanol–water partition coefficient (Wildman–Crippen LogP) is 4.11. The van der Waals surface area contributed by atoms with Gasteiger partial charge in [0.05, 0.1) is 16.1 Å². The van der Waals surface area contributed by atoms with Gasteiger partial charge in [-0.15, -0.1) is 0 Å². The number of hydrogen-bond acceptors (Lipinski definition) is 3.